The second-order valence-electron chi connectivity index (χ2n) is 5.47. The maximum atomic E-state index is 5.42. The molecule has 0 amide bonds. The maximum absolute atomic E-state index is 5.42. The lowest BCUT2D eigenvalue weighted by molar-refractivity contribution is 0.679. The van der Waals surface area contributed by atoms with Crippen LogP contribution in [-0.4, -0.2) is 9.97 Å². The number of hydrogen-bond donors (Lipinski definition) is 1. The van der Waals surface area contributed by atoms with Crippen molar-refractivity contribution in [3.63, 3.8) is 0 Å². The fraction of sp³-hybridized carbons (Fsp3) is 0.375. The van der Waals surface area contributed by atoms with Gasteiger partial charge in [0.05, 0.1) is 4.47 Å². The van der Waals surface area contributed by atoms with Crippen molar-refractivity contribution >= 4 is 44.1 Å². The molecule has 2 aromatic rings. The first kappa shape index (κ1) is 15.4. The molecule has 0 radical (unpaired) electrons. The van der Waals surface area contributed by atoms with Crippen LogP contribution >= 0.6 is 44.1 Å². The van der Waals surface area contributed by atoms with Crippen LogP contribution < -0.4 is 0 Å². The van der Waals surface area contributed by atoms with Gasteiger partial charge in [-0.25, -0.2) is 4.98 Å². The molecular formula is C16H16Br2N2S. The number of hydrogen-bond acceptors (Lipinski definition) is 2. The number of halogens is 2. The summed E-state index contributed by atoms with van der Waals surface area (Å²) in [6.45, 7) is 0. The molecule has 3 rings (SSSR count). The monoisotopic (exact) mass is 426 g/mol. The summed E-state index contributed by atoms with van der Waals surface area (Å²) in [5.74, 6) is 1.53. The Bertz CT molecular complexity index is 706. The molecule has 1 saturated carbocycles. The molecule has 0 saturated heterocycles. The van der Waals surface area contributed by atoms with Gasteiger partial charge in [-0.15, -0.1) is 0 Å². The molecule has 0 atom stereocenters. The lowest BCUT2D eigenvalue weighted by Crippen LogP contribution is -2.06. The molecule has 5 heteroatoms. The standard InChI is InChI=1S/C16H16Br2N2S/c17-12-8-4-3-7-11(12)9-13-19-15(10-5-1-2-6-10)14(18)16(21)20-13/h3-4,7-8,10H,1-2,5-6,9H2,(H,19,20,21). The first-order chi connectivity index (χ1) is 10.1. The van der Waals surface area contributed by atoms with Gasteiger partial charge in [0.15, 0.2) is 0 Å². The van der Waals surface area contributed by atoms with Crippen molar-refractivity contribution in [2.75, 3.05) is 0 Å². The van der Waals surface area contributed by atoms with E-state index in [2.05, 4.69) is 54.0 Å². The molecule has 1 N–H and O–H groups in total. The fourth-order valence-corrected chi connectivity index (χ4v) is 4.08. The second kappa shape index (κ2) is 6.71. The minimum Gasteiger partial charge on any atom is -0.346 e. The lowest BCUT2D eigenvalue weighted by Gasteiger charge is -2.14. The highest BCUT2D eigenvalue weighted by Gasteiger charge is 2.21. The molecule has 21 heavy (non-hydrogen) atoms. The van der Waals surface area contributed by atoms with E-state index in [9.17, 15) is 0 Å². The lowest BCUT2D eigenvalue weighted by atomic mass is 10.0. The largest absolute Gasteiger partial charge is 0.346 e. The summed E-state index contributed by atoms with van der Waals surface area (Å²) < 4.78 is 2.74. The summed E-state index contributed by atoms with van der Waals surface area (Å²) in [6.07, 6.45) is 5.85. The highest BCUT2D eigenvalue weighted by Crippen LogP contribution is 2.36. The van der Waals surface area contributed by atoms with E-state index in [-0.39, 0.29) is 0 Å². The summed E-state index contributed by atoms with van der Waals surface area (Å²) in [4.78, 5) is 8.06. The zero-order valence-corrected chi connectivity index (χ0v) is 15.5. The van der Waals surface area contributed by atoms with Crippen LogP contribution in [0.25, 0.3) is 0 Å². The van der Waals surface area contributed by atoms with E-state index in [1.54, 1.807) is 0 Å². The Kier molecular flexibility index (Phi) is 4.92. The molecule has 0 bridgehead atoms. The average Bonchev–Trinajstić information content (AvgIpc) is 2.99. The smallest absolute Gasteiger partial charge is 0.144 e. The molecule has 0 aliphatic heterocycles. The van der Waals surface area contributed by atoms with Crippen molar-refractivity contribution in [2.45, 2.75) is 38.0 Å². The van der Waals surface area contributed by atoms with E-state index >= 15 is 0 Å². The Morgan fingerprint density at radius 1 is 1.19 bits per heavy atom. The minimum absolute atomic E-state index is 0.585. The number of H-pyrrole nitrogens is 1. The normalized spacial score (nSPS) is 15.5. The van der Waals surface area contributed by atoms with Crippen LogP contribution in [0.5, 0.6) is 0 Å². The predicted octanol–water partition coefficient (Wildman–Crippen LogP) is 5.91. The summed E-state index contributed by atoms with van der Waals surface area (Å²) in [7, 11) is 0. The summed E-state index contributed by atoms with van der Waals surface area (Å²) >= 11 is 12.6. The van der Waals surface area contributed by atoms with Gasteiger partial charge in [0.25, 0.3) is 0 Å². The highest BCUT2D eigenvalue weighted by atomic mass is 79.9. The van der Waals surface area contributed by atoms with Crippen molar-refractivity contribution in [3.8, 4) is 0 Å². The first-order valence-corrected chi connectivity index (χ1v) is 9.16. The van der Waals surface area contributed by atoms with Crippen LogP contribution in [0.3, 0.4) is 0 Å². The molecular weight excluding hydrogens is 412 g/mol. The molecule has 0 spiro atoms. The van der Waals surface area contributed by atoms with Crippen LogP contribution in [0.2, 0.25) is 0 Å². The molecule has 1 aliphatic carbocycles. The Hall–Kier alpha value is -0.520. The molecule has 1 aliphatic rings. The number of nitrogens with one attached hydrogen (secondary N) is 1. The number of aromatic nitrogens is 2. The quantitative estimate of drug-likeness (QED) is 0.616. The molecule has 110 valence electrons. The Morgan fingerprint density at radius 2 is 1.90 bits per heavy atom. The number of benzene rings is 1. The molecule has 1 fully saturated rings. The van der Waals surface area contributed by atoms with Crippen molar-refractivity contribution in [3.05, 3.63) is 54.9 Å². The van der Waals surface area contributed by atoms with Gasteiger partial charge in [-0.1, -0.05) is 59.2 Å². The SMILES string of the molecule is S=c1nc(Cc2ccccc2Br)[nH]c(C2CCCC2)c1Br. The summed E-state index contributed by atoms with van der Waals surface area (Å²) in [5.41, 5.74) is 2.45. The highest BCUT2D eigenvalue weighted by molar-refractivity contribution is 9.10. The van der Waals surface area contributed by atoms with E-state index in [1.807, 2.05) is 12.1 Å². The molecule has 0 unspecified atom stereocenters. The van der Waals surface area contributed by atoms with E-state index < -0.39 is 0 Å². The first-order valence-electron chi connectivity index (χ1n) is 7.17. The third-order valence-corrected chi connectivity index (χ3v) is 6.15. The van der Waals surface area contributed by atoms with Gasteiger partial charge in [0, 0.05) is 22.5 Å². The minimum atomic E-state index is 0.585. The van der Waals surface area contributed by atoms with Crippen LogP contribution in [0.4, 0.5) is 0 Å². The second-order valence-corrected chi connectivity index (χ2v) is 7.50. The Morgan fingerprint density at radius 3 is 2.62 bits per heavy atom. The molecule has 1 aromatic heterocycles. The van der Waals surface area contributed by atoms with Gasteiger partial charge in [0.2, 0.25) is 0 Å². The fourth-order valence-electron chi connectivity index (χ4n) is 2.93. The van der Waals surface area contributed by atoms with E-state index in [1.165, 1.54) is 36.9 Å². The number of rotatable bonds is 3. The summed E-state index contributed by atoms with van der Waals surface area (Å²) in [5, 5.41) is 0. The Labute approximate surface area is 146 Å². The molecule has 2 nitrogen and oxygen atoms in total. The average molecular weight is 428 g/mol. The van der Waals surface area contributed by atoms with Gasteiger partial charge >= 0.3 is 0 Å². The van der Waals surface area contributed by atoms with Gasteiger partial charge < -0.3 is 4.98 Å². The van der Waals surface area contributed by atoms with Gasteiger partial charge in [-0.05, 0) is 40.4 Å². The van der Waals surface area contributed by atoms with Crippen LogP contribution in [-0.2, 0) is 6.42 Å². The maximum Gasteiger partial charge on any atom is 0.144 e. The van der Waals surface area contributed by atoms with Crippen molar-refractivity contribution in [2.24, 2.45) is 0 Å². The van der Waals surface area contributed by atoms with E-state index in [0.29, 0.717) is 10.6 Å². The zero-order valence-electron chi connectivity index (χ0n) is 11.5. The van der Waals surface area contributed by atoms with Crippen molar-refractivity contribution in [1.29, 1.82) is 0 Å². The van der Waals surface area contributed by atoms with Crippen molar-refractivity contribution < 1.29 is 0 Å². The third kappa shape index (κ3) is 3.46. The Balaban J connectivity index is 1.96. The van der Waals surface area contributed by atoms with E-state index in [4.69, 9.17) is 12.2 Å². The van der Waals surface area contributed by atoms with Crippen LogP contribution in [0, 0.1) is 4.64 Å². The van der Waals surface area contributed by atoms with Crippen molar-refractivity contribution in [1.82, 2.24) is 9.97 Å². The van der Waals surface area contributed by atoms with Gasteiger partial charge in [-0.2, -0.15) is 0 Å². The zero-order chi connectivity index (χ0) is 14.8. The van der Waals surface area contributed by atoms with Crippen LogP contribution in [0.15, 0.2) is 33.2 Å². The van der Waals surface area contributed by atoms with Gasteiger partial charge in [0.1, 0.15) is 10.5 Å². The summed E-state index contributed by atoms with van der Waals surface area (Å²) in [6, 6.07) is 8.24. The number of nitrogens with zero attached hydrogens (tertiary/aromatic N) is 1. The van der Waals surface area contributed by atoms with E-state index in [0.717, 1.165) is 21.2 Å². The molecule has 1 aromatic carbocycles. The van der Waals surface area contributed by atoms with Crippen LogP contribution in [0.1, 0.15) is 48.7 Å². The molecule has 1 heterocycles. The van der Waals surface area contributed by atoms with Gasteiger partial charge in [-0.3, -0.25) is 0 Å². The topological polar surface area (TPSA) is 28.7 Å². The number of aromatic amines is 1. The third-order valence-electron chi connectivity index (χ3n) is 4.02. The predicted molar refractivity (Wildman–Crippen MR) is 95.3 cm³/mol.